The first-order valence-corrected chi connectivity index (χ1v) is 8.91. The Labute approximate surface area is 149 Å². The SMILES string of the molecule is Cc1ccc(C)c(CNc2ccccc2C(=O)N2CCCC2CO)c1. The van der Waals surface area contributed by atoms with Crippen molar-refractivity contribution < 1.29 is 9.90 Å². The molecule has 0 aromatic heterocycles. The number of amides is 1. The topological polar surface area (TPSA) is 52.6 Å². The second kappa shape index (κ2) is 7.70. The molecule has 1 aliphatic heterocycles. The highest BCUT2D eigenvalue weighted by atomic mass is 16.3. The summed E-state index contributed by atoms with van der Waals surface area (Å²) in [5.74, 6) is 0.000569. The van der Waals surface area contributed by atoms with Gasteiger partial charge in [0.1, 0.15) is 0 Å². The van der Waals surface area contributed by atoms with Gasteiger partial charge in [0.15, 0.2) is 0 Å². The Morgan fingerprint density at radius 2 is 2.04 bits per heavy atom. The molecule has 1 unspecified atom stereocenters. The fourth-order valence-corrected chi connectivity index (χ4v) is 3.45. The van der Waals surface area contributed by atoms with Crippen molar-refractivity contribution in [1.29, 1.82) is 0 Å². The van der Waals surface area contributed by atoms with E-state index in [1.54, 1.807) is 4.90 Å². The lowest BCUT2D eigenvalue weighted by Crippen LogP contribution is -2.37. The average Bonchev–Trinajstić information content (AvgIpc) is 3.11. The van der Waals surface area contributed by atoms with E-state index in [4.69, 9.17) is 0 Å². The van der Waals surface area contributed by atoms with Crippen LogP contribution in [-0.4, -0.2) is 35.1 Å². The minimum atomic E-state index is -0.0560. The van der Waals surface area contributed by atoms with Crippen LogP contribution < -0.4 is 5.32 Å². The van der Waals surface area contributed by atoms with Gasteiger partial charge in [0.2, 0.25) is 0 Å². The number of aliphatic hydroxyl groups is 1. The Balaban J connectivity index is 1.79. The molecular weight excluding hydrogens is 312 g/mol. The van der Waals surface area contributed by atoms with Gasteiger partial charge in [-0.3, -0.25) is 4.79 Å². The van der Waals surface area contributed by atoms with Gasteiger partial charge in [-0.05, 0) is 49.9 Å². The molecule has 0 aliphatic carbocycles. The van der Waals surface area contributed by atoms with Crippen LogP contribution in [0.25, 0.3) is 0 Å². The summed E-state index contributed by atoms with van der Waals surface area (Å²) in [6, 6.07) is 14.0. The molecule has 0 radical (unpaired) electrons. The van der Waals surface area contributed by atoms with Gasteiger partial charge in [-0.1, -0.05) is 35.9 Å². The number of nitrogens with one attached hydrogen (secondary N) is 1. The van der Waals surface area contributed by atoms with E-state index in [-0.39, 0.29) is 18.6 Å². The number of benzene rings is 2. The van der Waals surface area contributed by atoms with E-state index in [0.717, 1.165) is 25.1 Å². The molecule has 2 aromatic rings. The van der Waals surface area contributed by atoms with Crippen molar-refractivity contribution in [3.05, 3.63) is 64.7 Å². The van der Waals surface area contributed by atoms with E-state index in [2.05, 4.69) is 37.4 Å². The summed E-state index contributed by atoms with van der Waals surface area (Å²) in [6.07, 6.45) is 1.83. The minimum Gasteiger partial charge on any atom is -0.394 e. The largest absolute Gasteiger partial charge is 0.394 e. The number of aliphatic hydroxyl groups excluding tert-OH is 1. The second-order valence-corrected chi connectivity index (χ2v) is 6.81. The summed E-state index contributed by atoms with van der Waals surface area (Å²) >= 11 is 0. The highest BCUT2D eigenvalue weighted by molar-refractivity contribution is 6.00. The van der Waals surface area contributed by atoms with E-state index in [1.165, 1.54) is 16.7 Å². The Bertz CT molecular complexity index is 757. The van der Waals surface area contributed by atoms with Crippen LogP contribution in [0, 0.1) is 13.8 Å². The highest BCUT2D eigenvalue weighted by Gasteiger charge is 2.29. The van der Waals surface area contributed by atoms with Crippen molar-refractivity contribution >= 4 is 11.6 Å². The lowest BCUT2D eigenvalue weighted by Gasteiger charge is -2.24. The number of para-hydroxylation sites is 1. The molecule has 132 valence electrons. The molecule has 0 spiro atoms. The van der Waals surface area contributed by atoms with Crippen molar-refractivity contribution in [2.24, 2.45) is 0 Å². The number of hydrogen-bond donors (Lipinski definition) is 2. The first kappa shape index (κ1) is 17.5. The third-order valence-corrected chi connectivity index (χ3v) is 4.98. The Morgan fingerprint density at radius 3 is 2.84 bits per heavy atom. The molecule has 1 amide bonds. The first-order chi connectivity index (χ1) is 12.1. The number of rotatable bonds is 5. The Kier molecular flexibility index (Phi) is 5.39. The van der Waals surface area contributed by atoms with Crippen LogP contribution in [0.15, 0.2) is 42.5 Å². The number of carbonyl (C=O) groups excluding carboxylic acids is 1. The molecule has 1 saturated heterocycles. The summed E-state index contributed by atoms with van der Waals surface area (Å²) < 4.78 is 0. The molecule has 2 N–H and O–H groups in total. The maximum absolute atomic E-state index is 12.9. The number of nitrogens with zero attached hydrogens (tertiary/aromatic N) is 1. The van der Waals surface area contributed by atoms with E-state index < -0.39 is 0 Å². The van der Waals surface area contributed by atoms with Crippen LogP contribution >= 0.6 is 0 Å². The molecule has 25 heavy (non-hydrogen) atoms. The van der Waals surface area contributed by atoms with Gasteiger partial charge in [-0.25, -0.2) is 0 Å². The summed E-state index contributed by atoms with van der Waals surface area (Å²) in [6.45, 7) is 5.62. The molecule has 4 nitrogen and oxygen atoms in total. The van der Waals surface area contributed by atoms with Gasteiger partial charge in [-0.2, -0.15) is 0 Å². The smallest absolute Gasteiger partial charge is 0.256 e. The fourth-order valence-electron chi connectivity index (χ4n) is 3.45. The zero-order valence-corrected chi connectivity index (χ0v) is 15.0. The van der Waals surface area contributed by atoms with Crippen LogP contribution in [0.3, 0.4) is 0 Å². The van der Waals surface area contributed by atoms with E-state index in [1.807, 2.05) is 24.3 Å². The Morgan fingerprint density at radius 1 is 1.24 bits per heavy atom. The molecule has 1 fully saturated rings. The number of hydrogen-bond acceptors (Lipinski definition) is 3. The number of carbonyl (C=O) groups is 1. The minimum absolute atomic E-state index is 0.000569. The molecular formula is C21H26N2O2. The van der Waals surface area contributed by atoms with Gasteiger partial charge in [0.05, 0.1) is 18.2 Å². The zero-order chi connectivity index (χ0) is 17.8. The van der Waals surface area contributed by atoms with Crippen LogP contribution in [0.5, 0.6) is 0 Å². The van der Waals surface area contributed by atoms with Gasteiger partial charge in [0.25, 0.3) is 5.91 Å². The van der Waals surface area contributed by atoms with Gasteiger partial charge < -0.3 is 15.3 Å². The predicted molar refractivity (Wildman–Crippen MR) is 101 cm³/mol. The standard InChI is InChI=1S/C21H26N2O2/c1-15-9-10-16(2)17(12-15)13-22-20-8-4-3-7-19(20)21(25)23-11-5-6-18(23)14-24/h3-4,7-10,12,18,22,24H,5-6,11,13-14H2,1-2H3. The highest BCUT2D eigenvalue weighted by Crippen LogP contribution is 2.24. The van der Waals surface area contributed by atoms with Crippen LogP contribution in [0.2, 0.25) is 0 Å². The third-order valence-electron chi connectivity index (χ3n) is 4.98. The predicted octanol–water partition coefficient (Wildman–Crippen LogP) is 3.51. The lowest BCUT2D eigenvalue weighted by molar-refractivity contribution is 0.0678. The van der Waals surface area contributed by atoms with Crippen LogP contribution in [-0.2, 0) is 6.54 Å². The molecule has 2 aromatic carbocycles. The quantitative estimate of drug-likeness (QED) is 0.877. The number of aryl methyl sites for hydroxylation is 2. The van der Waals surface area contributed by atoms with Crippen molar-refractivity contribution in [2.45, 2.75) is 39.3 Å². The van der Waals surface area contributed by atoms with E-state index >= 15 is 0 Å². The normalized spacial score (nSPS) is 16.9. The van der Waals surface area contributed by atoms with Gasteiger partial charge in [0, 0.05) is 18.8 Å². The van der Waals surface area contributed by atoms with E-state index in [0.29, 0.717) is 12.1 Å². The molecule has 3 rings (SSSR count). The lowest BCUT2D eigenvalue weighted by atomic mass is 10.1. The third kappa shape index (κ3) is 3.85. The number of anilines is 1. The molecule has 1 atom stereocenters. The van der Waals surface area contributed by atoms with Gasteiger partial charge >= 0.3 is 0 Å². The summed E-state index contributed by atoms with van der Waals surface area (Å²) in [5, 5.41) is 12.9. The van der Waals surface area contributed by atoms with E-state index in [9.17, 15) is 9.90 Å². The van der Waals surface area contributed by atoms with Crippen molar-refractivity contribution in [2.75, 3.05) is 18.5 Å². The molecule has 0 bridgehead atoms. The second-order valence-electron chi connectivity index (χ2n) is 6.81. The van der Waals surface area contributed by atoms with Crippen LogP contribution in [0.4, 0.5) is 5.69 Å². The fraction of sp³-hybridized carbons (Fsp3) is 0.381. The molecule has 1 aliphatic rings. The van der Waals surface area contributed by atoms with Gasteiger partial charge in [-0.15, -0.1) is 0 Å². The van der Waals surface area contributed by atoms with Crippen molar-refractivity contribution in [1.82, 2.24) is 4.90 Å². The summed E-state index contributed by atoms with van der Waals surface area (Å²) in [7, 11) is 0. The summed E-state index contributed by atoms with van der Waals surface area (Å²) in [5.41, 5.74) is 5.22. The molecule has 4 heteroatoms. The maximum Gasteiger partial charge on any atom is 0.256 e. The average molecular weight is 338 g/mol. The molecule has 0 saturated carbocycles. The first-order valence-electron chi connectivity index (χ1n) is 8.91. The maximum atomic E-state index is 12.9. The van der Waals surface area contributed by atoms with Crippen molar-refractivity contribution in [3.63, 3.8) is 0 Å². The number of likely N-dealkylation sites (tertiary alicyclic amines) is 1. The Hall–Kier alpha value is -2.33. The monoisotopic (exact) mass is 338 g/mol. The zero-order valence-electron chi connectivity index (χ0n) is 15.0. The van der Waals surface area contributed by atoms with Crippen molar-refractivity contribution in [3.8, 4) is 0 Å². The van der Waals surface area contributed by atoms with Crippen LogP contribution in [0.1, 0.15) is 39.9 Å². The summed E-state index contributed by atoms with van der Waals surface area (Å²) in [4.78, 5) is 14.7. The molecule has 1 heterocycles.